The Morgan fingerprint density at radius 3 is 2.50 bits per heavy atom. The Morgan fingerprint density at radius 1 is 0.950 bits per heavy atom. The fourth-order valence-electron chi connectivity index (χ4n) is 2.68. The maximum Gasteiger partial charge on any atom is 0.303 e. The molecule has 20 heavy (non-hydrogen) atoms. The topological polar surface area (TPSA) is 54.4 Å². The number of fused-ring (bicyclic) bond motifs is 3. The van der Waals surface area contributed by atoms with Crippen molar-refractivity contribution in [3.05, 3.63) is 59.2 Å². The number of rotatable bonds is 4. The maximum absolute atomic E-state index is 12.0. The molecule has 0 bridgehead atoms. The molecule has 0 saturated carbocycles. The molecule has 0 heterocycles. The van der Waals surface area contributed by atoms with Crippen LogP contribution in [-0.4, -0.2) is 16.9 Å². The third kappa shape index (κ3) is 2.23. The van der Waals surface area contributed by atoms with E-state index in [1.165, 1.54) is 16.7 Å². The van der Waals surface area contributed by atoms with E-state index in [9.17, 15) is 9.59 Å². The molecule has 100 valence electrons. The van der Waals surface area contributed by atoms with Crippen LogP contribution in [0.4, 0.5) is 0 Å². The standard InChI is InChI=1S/C17H14O3/c18-16(7-8-17(19)20)12-5-6-15-13(10-12)9-11-3-1-2-4-14(11)15/h1-6,10H,7-9H2,(H,19,20). The lowest BCUT2D eigenvalue weighted by Gasteiger charge is -2.04. The summed E-state index contributed by atoms with van der Waals surface area (Å²) in [5, 5.41) is 8.63. The lowest BCUT2D eigenvalue weighted by atomic mass is 10.00. The quantitative estimate of drug-likeness (QED) is 0.737. The van der Waals surface area contributed by atoms with E-state index in [0.717, 1.165) is 12.0 Å². The van der Waals surface area contributed by atoms with Gasteiger partial charge in [0.25, 0.3) is 0 Å². The molecule has 0 saturated heterocycles. The van der Waals surface area contributed by atoms with Gasteiger partial charge in [-0.05, 0) is 34.7 Å². The van der Waals surface area contributed by atoms with Crippen LogP contribution in [0.5, 0.6) is 0 Å². The highest BCUT2D eigenvalue weighted by Crippen LogP contribution is 2.36. The van der Waals surface area contributed by atoms with Gasteiger partial charge in [0, 0.05) is 12.0 Å². The van der Waals surface area contributed by atoms with Crippen LogP contribution < -0.4 is 0 Å². The molecule has 1 aliphatic rings. The Kier molecular flexibility index (Phi) is 3.11. The minimum Gasteiger partial charge on any atom is -0.481 e. The van der Waals surface area contributed by atoms with Crippen molar-refractivity contribution in [2.45, 2.75) is 19.3 Å². The van der Waals surface area contributed by atoms with Crippen LogP contribution in [-0.2, 0) is 11.2 Å². The van der Waals surface area contributed by atoms with Gasteiger partial charge < -0.3 is 5.11 Å². The summed E-state index contributed by atoms with van der Waals surface area (Å²) in [7, 11) is 0. The Bertz CT molecular complexity index is 701. The Hall–Kier alpha value is -2.42. The molecule has 2 aromatic carbocycles. The molecule has 3 rings (SSSR count). The van der Waals surface area contributed by atoms with Crippen molar-refractivity contribution >= 4 is 11.8 Å². The predicted octanol–water partition coefficient (Wildman–Crippen LogP) is 3.31. The second kappa shape index (κ2) is 4.93. The van der Waals surface area contributed by atoms with Crippen molar-refractivity contribution < 1.29 is 14.7 Å². The van der Waals surface area contributed by atoms with Crippen LogP contribution in [0.2, 0.25) is 0 Å². The van der Waals surface area contributed by atoms with Gasteiger partial charge in [-0.25, -0.2) is 0 Å². The van der Waals surface area contributed by atoms with E-state index in [2.05, 4.69) is 12.1 Å². The molecule has 0 unspecified atom stereocenters. The number of Topliss-reactive ketones (excluding diaryl/α,β-unsaturated/α-hetero) is 1. The van der Waals surface area contributed by atoms with Crippen LogP contribution in [0.1, 0.15) is 34.3 Å². The first-order valence-electron chi connectivity index (χ1n) is 6.61. The summed E-state index contributed by atoms with van der Waals surface area (Å²) in [6.07, 6.45) is 0.781. The van der Waals surface area contributed by atoms with Gasteiger partial charge in [0.2, 0.25) is 0 Å². The van der Waals surface area contributed by atoms with E-state index in [1.54, 1.807) is 6.07 Å². The van der Waals surface area contributed by atoms with E-state index in [-0.39, 0.29) is 18.6 Å². The van der Waals surface area contributed by atoms with Gasteiger partial charge in [-0.3, -0.25) is 9.59 Å². The lowest BCUT2D eigenvalue weighted by molar-refractivity contribution is -0.136. The number of carbonyl (C=O) groups is 2. The van der Waals surface area contributed by atoms with E-state index < -0.39 is 5.97 Å². The summed E-state index contributed by atoms with van der Waals surface area (Å²) in [6.45, 7) is 0. The molecule has 0 aromatic heterocycles. The van der Waals surface area contributed by atoms with Crippen LogP contribution in [0.3, 0.4) is 0 Å². The van der Waals surface area contributed by atoms with Crippen molar-refractivity contribution in [3.63, 3.8) is 0 Å². The number of benzene rings is 2. The third-order valence-corrected chi connectivity index (χ3v) is 3.68. The smallest absolute Gasteiger partial charge is 0.303 e. The summed E-state index contributed by atoms with van der Waals surface area (Å²) < 4.78 is 0. The Balaban J connectivity index is 1.87. The molecule has 1 N–H and O–H groups in total. The van der Waals surface area contributed by atoms with E-state index in [1.807, 2.05) is 24.3 Å². The van der Waals surface area contributed by atoms with Crippen molar-refractivity contribution in [2.75, 3.05) is 0 Å². The molecule has 0 atom stereocenters. The molecule has 0 radical (unpaired) electrons. The van der Waals surface area contributed by atoms with Crippen molar-refractivity contribution in [3.8, 4) is 11.1 Å². The number of carboxylic acids is 1. The first-order chi connectivity index (χ1) is 9.65. The normalized spacial score (nSPS) is 11.8. The highest BCUT2D eigenvalue weighted by Gasteiger charge is 2.19. The Labute approximate surface area is 116 Å². The average molecular weight is 266 g/mol. The van der Waals surface area contributed by atoms with E-state index in [4.69, 9.17) is 5.11 Å². The predicted molar refractivity (Wildman–Crippen MR) is 75.9 cm³/mol. The molecule has 0 fully saturated rings. The van der Waals surface area contributed by atoms with Gasteiger partial charge in [0.1, 0.15) is 0 Å². The second-order valence-corrected chi connectivity index (χ2v) is 5.02. The zero-order valence-electron chi connectivity index (χ0n) is 10.9. The summed E-state index contributed by atoms with van der Waals surface area (Å²) in [5.41, 5.74) is 5.44. The molecule has 0 aliphatic heterocycles. The number of ketones is 1. The zero-order valence-corrected chi connectivity index (χ0v) is 10.9. The van der Waals surface area contributed by atoms with E-state index >= 15 is 0 Å². The van der Waals surface area contributed by atoms with Crippen LogP contribution in [0.15, 0.2) is 42.5 Å². The monoisotopic (exact) mass is 266 g/mol. The first kappa shape index (κ1) is 12.6. The van der Waals surface area contributed by atoms with Gasteiger partial charge in [0.15, 0.2) is 5.78 Å². The SMILES string of the molecule is O=C(O)CCC(=O)c1ccc2c(c1)Cc1ccccc1-2. The summed E-state index contributed by atoms with van der Waals surface area (Å²) in [5.74, 6) is -1.04. The number of aliphatic carboxylic acids is 1. The first-order valence-corrected chi connectivity index (χ1v) is 6.61. The second-order valence-electron chi connectivity index (χ2n) is 5.02. The van der Waals surface area contributed by atoms with Crippen LogP contribution >= 0.6 is 0 Å². The number of hydrogen-bond donors (Lipinski definition) is 1. The minimum atomic E-state index is -0.938. The van der Waals surface area contributed by atoms with Crippen molar-refractivity contribution in [2.24, 2.45) is 0 Å². The summed E-state index contributed by atoms with van der Waals surface area (Å²) in [6, 6.07) is 13.9. The third-order valence-electron chi connectivity index (χ3n) is 3.68. The highest BCUT2D eigenvalue weighted by molar-refractivity contribution is 5.98. The van der Waals surface area contributed by atoms with Gasteiger partial charge in [-0.15, -0.1) is 0 Å². The summed E-state index contributed by atoms with van der Waals surface area (Å²) in [4.78, 5) is 22.5. The van der Waals surface area contributed by atoms with Gasteiger partial charge in [-0.1, -0.05) is 36.4 Å². The molecule has 0 amide bonds. The van der Waals surface area contributed by atoms with Crippen molar-refractivity contribution in [1.82, 2.24) is 0 Å². The largest absolute Gasteiger partial charge is 0.481 e. The maximum atomic E-state index is 12.0. The average Bonchev–Trinajstić information content (AvgIpc) is 2.82. The number of carboxylic acid groups (broad SMARTS) is 1. The minimum absolute atomic E-state index is 0.0566. The fourth-order valence-corrected chi connectivity index (χ4v) is 2.68. The van der Waals surface area contributed by atoms with Crippen LogP contribution in [0.25, 0.3) is 11.1 Å². The lowest BCUT2D eigenvalue weighted by Crippen LogP contribution is -2.04. The van der Waals surface area contributed by atoms with Gasteiger partial charge in [0.05, 0.1) is 6.42 Å². The van der Waals surface area contributed by atoms with Gasteiger partial charge >= 0.3 is 5.97 Å². The molecule has 3 heteroatoms. The van der Waals surface area contributed by atoms with Gasteiger partial charge in [-0.2, -0.15) is 0 Å². The summed E-state index contributed by atoms with van der Waals surface area (Å²) >= 11 is 0. The van der Waals surface area contributed by atoms with Crippen LogP contribution in [0, 0.1) is 0 Å². The zero-order chi connectivity index (χ0) is 14.1. The molecule has 1 aliphatic carbocycles. The fraction of sp³-hybridized carbons (Fsp3) is 0.176. The molecule has 0 spiro atoms. The number of carbonyl (C=O) groups excluding carboxylic acids is 1. The highest BCUT2D eigenvalue weighted by atomic mass is 16.4. The number of hydrogen-bond acceptors (Lipinski definition) is 2. The molecular formula is C17H14O3. The Morgan fingerprint density at radius 2 is 1.70 bits per heavy atom. The molecule has 3 nitrogen and oxygen atoms in total. The molecule has 2 aromatic rings. The van der Waals surface area contributed by atoms with Crippen molar-refractivity contribution in [1.29, 1.82) is 0 Å². The molecular weight excluding hydrogens is 252 g/mol. The van der Waals surface area contributed by atoms with E-state index in [0.29, 0.717) is 5.56 Å².